The van der Waals surface area contributed by atoms with Gasteiger partial charge in [-0.3, -0.25) is 9.48 Å². The van der Waals surface area contributed by atoms with Crippen molar-refractivity contribution < 1.29 is 18.0 Å². The Morgan fingerprint density at radius 2 is 2.11 bits per heavy atom. The summed E-state index contributed by atoms with van der Waals surface area (Å²) in [4.78, 5) is 26.0. The van der Waals surface area contributed by atoms with E-state index >= 15 is 0 Å². The topological polar surface area (TPSA) is 127 Å². The number of nitrogens with zero attached hydrogens (tertiary/aromatic N) is 3. The van der Waals surface area contributed by atoms with E-state index in [2.05, 4.69) is 10.4 Å². The minimum atomic E-state index is -3.08. The molecule has 144 valence electrons. The zero-order valence-corrected chi connectivity index (χ0v) is 16.0. The Hall–Kier alpha value is -2.40. The van der Waals surface area contributed by atoms with Crippen molar-refractivity contribution in [3.63, 3.8) is 0 Å². The van der Waals surface area contributed by atoms with Crippen molar-refractivity contribution in [2.24, 2.45) is 5.73 Å². The van der Waals surface area contributed by atoms with E-state index in [9.17, 15) is 18.0 Å². The number of hydrogen-bond donors (Lipinski definition) is 2. The number of nitrogens with one attached hydrogen (secondary N) is 1. The number of sulfone groups is 1. The molecule has 9 nitrogen and oxygen atoms in total. The monoisotopic (exact) mass is 409 g/mol. The molecule has 3 amide bonds. The molecule has 2 aliphatic rings. The van der Waals surface area contributed by atoms with Crippen molar-refractivity contribution in [1.82, 2.24) is 20.0 Å². The number of primary amides is 1. The summed E-state index contributed by atoms with van der Waals surface area (Å²) in [6.07, 6.45) is 0.486. The lowest BCUT2D eigenvalue weighted by atomic mass is 10.1. The molecule has 0 saturated carbocycles. The second kappa shape index (κ2) is 6.64. The zero-order valence-electron chi connectivity index (χ0n) is 14.4. The van der Waals surface area contributed by atoms with Crippen molar-refractivity contribution >= 4 is 33.1 Å². The maximum Gasteiger partial charge on any atom is 0.314 e. The lowest BCUT2D eigenvalue weighted by Gasteiger charge is -2.38. The molecular formula is C16H19N5O4S2. The van der Waals surface area contributed by atoms with Crippen LogP contribution in [0.3, 0.4) is 0 Å². The molecule has 3 N–H and O–H groups in total. The number of hydrogen-bond acceptors (Lipinski definition) is 6. The van der Waals surface area contributed by atoms with Gasteiger partial charge in [0.1, 0.15) is 0 Å². The highest BCUT2D eigenvalue weighted by atomic mass is 32.2. The van der Waals surface area contributed by atoms with Crippen LogP contribution in [0.15, 0.2) is 23.6 Å². The fraction of sp³-hybridized carbons (Fsp3) is 0.438. The molecule has 4 rings (SSSR count). The summed E-state index contributed by atoms with van der Waals surface area (Å²) >= 11 is 1.51. The third-order valence-electron chi connectivity index (χ3n) is 4.82. The quantitative estimate of drug-likeness (QED) is 0.758. The fourth-order valence-electron chi connectivity index (χ4n) is 3.37. The summed E-state index contributed by atoms with van der Waals surface area (Å²) in [6.45, 7) is 0.751. The van der Waals surface area contributed by atoms with Gasteiger partial charge in [-0.05, 0) is 23.9 Å². The third kappa shape index (κ3) is 3.56. The predicted molar refractivity (Wildman–Crippen MR) is 100 cm³/mol. The zero-order chi connectivity index (χ0) is 19.2. The van der Waals surface area contributed by atoms with Crippen molar-refractivity contribution in [3.05, 3.63) is 29.3 Å². The summed E-state index contributed by atoms with van der Waals surface area (Å²) in [7, 11) is -3.08. The van der Waals surface area contributed by atoms with Gasteiger partial charge < -0.3 is 16.0 Å². The summed E-state index contributed by atoms with van der Waals surface area (Å²) < 4.78 is 25.4. The molecule has 2 aromatic rings. The molecule has 1 atom stereocenters. The molecule has 2 aromatic heterocycles. The van der Waals surface area contributed by atoms with E-state index in [1.807, 2.05) is 17.5 Å². The average molecular weight is 409 g/mol. The van der Waals surface area contributed by atoms with Crippen LogP contribution in [0.4, 0.5) is 4.79 Å². The van der Waals surface area contributed by atoms with Gasteiger partial charge in [-0.15, -0.1) is 11.3 Å². The maximum absolute atomic E-state index is 12.6. The minimum Gasteiger partial charge on any atom is -0.351 e. The van der Waals surface area contributed by atoms with E-state index in [0.29, 0.717) is 19.5 Å². The number of urea groups is 1. The van der Waals surface area contributed by atoms with E-state index in [0.717, 1.165) is 10.6 Å². The summed E-state index contributed by atoms with van der Waals surface area (Å²) in [5.41, 5.74) is 6.16. The average Bonchev–Trinajstić information content (AvgIpc) is 3.27. The van der Waals surface area contributed by atoms with Crippen LogP contribution >= 0.6 is 11.3 Å². The molecule has 2 aliphatic heterocycles. The Morgan fingerprint density at radius 3 is 2.70 bits per heavy atom. The molecule has 2 saturated heterocycles. The van der Waals surface area contributed by atoms with Gasteiger partial charge in [-0.25, -0.2) is 13.2 Å². The van der Waals surface area contributed by atoms with Gasteiger partial charge in [0.2, 0.25) is 0 Å². The Balaban J connectivity index is 1.56. The molecule has 0 bridgehead atoms. The van der Waals surface area contributed by atoms with Gasteiger partial charge in [-0.1, -0.05) is 6.07 Å². The second-order valence-corrected chi connectivity index (χ2v) is 9.98. The number of aromatic nitrogens is 2. The number of carbonyl (C=O) groups excluding carboxylic acids is 2. The summed E-state index contributed by atoms with van der Waals surface area (Å²) in [5.74, 6) is -0.181. The van der Waals surface area contributed by atoms with Crippen LogP contribution in [-0.2, 0) is 9.84 Å². The normalized spacial score (nSPS) is 21.8. The van der Waals surface area contributed by atoms with E-state index < -0.39 is 15.9 Å². The molecule has 27 heavy (non-hydrogen) atoms. The molecule has 11 heteroatoms. The van der Waals surface area contributed by atoms with Gasteiger partial charge in [0, 0.05) is 13.1 Å². The minimum absolute atomic E-state index is 0.0321. The van der Waals surface area contributed by atoms with E-state index in [-0.39, 0.29) is 35.2 Å². The molecular weight excluding hydrogens is 390 g/mol. The van der Waals surface area contributed by atoms with Gasteiger partial charge in [-0.2, -0.15) is 5.10 Å². The Morgan fingerprint density at radius 1 is 1.33 bits per heavy atom. The first-order chi connectivity index (χ1) is 12.8. The summed E-state index contributed by atoms with van der Waals surface area (Å²) in [6, 6.07) is 4.56. The van der Waals surface area contributed by atoms with Gasteiger partial charge in [0.25, 0.3) is 5.91 Å². The van der Waals surface area contributed by atoms with Crippen LogP contribution in [0.1, 0.15) is 23.0 Å². The van der Waals surface area contributed by atoms with E-state index in [1.165, 1.54) is 16.2 Å². The number of nitrogens with two attached hydrogens (primary N) is 1. The first kappa shape index (κ1) is 18.0. The van der Waals surface area contributed by atoms with Crippen LogP contribution in [0.2, 0.25) is 0 Å². The predicted octanol–water partition coefficient (Wildman–Crippen LogP) is 0.464. The summed E-state index contributed by atoms with van der Waals surface area (Å²) in [5, 5.41) is 9.17. The highest BCUT2D eigenvalue weighted by molar-refractivity contribution is 7.91. The van der Waals surface area contributed by atoms with Crippen molar-refractivity contribution in [1.29, 1.82) is 0 Å². The largest absolute Gasteiger partial charge is 0.351 e. The van der Waals surface area contributed by atoms with Crippen molar-refractivity contribution in [2.45, 2.75) is 18.5 Å². The molecule has 4 heterocycles. The van der Waals surface area contributed by atoms with Crippen LogP contribution < -0.4 is 11.1 Å². The van der Waals surface area contributed by atoms with E-state index in [1.54, 1.807) is 10.7 Å². The smallest absolute Gasteiger partial charge is 0.314 e. The van der Waals surface area contributed by atoms with Crippen LogP contribution in [0.5, 0.6) is 0 Å². The molecule has 0 radical (unpaired) electrons. The first-order valence-corrected chi connectivity index (χ1v) is 11.2. The van der Waals surface area contributed by atoms with Crippen LogP contribution in [-0.4, -0.2) is 65.7 Å². The number of carbonyl (C=O) groups is 2. The van der Waals surface area contributed by atoms with Gasteiger partial charge in [0.05, 0.1) is 34.2 Å². The molecule has 1 unspecified atom stereocenters. The van der Waals surface area contributed by atoms with Crippen molar-refractivity contribution in [3.8, 4) is 10.6 Å². The fourth-order valence-corrected chi connectivity index (χ4v) is 5.80. The van der Waals surface area contributed by atoms with Crippen LogP contribution in [0, 0.1) is 0 Å². The SMILES string of the molecule is NC(=O)N1CC(NC(=O)c2cc(-c3cccs3)n(C3CCS(=O)(=O)C3)n2)C1. The third-order valence-corrected chi connectivity index (χ3v) is 7.47. The first-order valence-electron chi connectivity index (χ1n) is 8.51. The standard InChI is InChI=1S/C16H19N5O4S2/c17-16(23)20-7-10(8-20)18-15(22)12-6-13(14-2-1-4-26-14)21(19-12)11-3-5-27(24,25)9-11/h1-2,4,6,10-11H,3,5,7-9H2,(H2,17,23)(H,18,22). The molecule has 0 spiro atoms. The molecule has 2 fully saturated rings. The lowest BCUT2D eigenvalue weighted by Crippen LogP contribution is -2.62. The van der Waals surface area contributed by atoms with Crippen molar-refractivity contribution in [2.75, 3.05) is 24.6 Å². The molecule has 0 aliphatic carbocycles. The van der Waals surface area contributed by atoms with Gasteiger partial charge >= 0.3 is 6.03 Å². The number of amides is 3. The highest BCUT2D eigenvalue weighted by Gasteiger charge is 2.34. The number of likely N-dealkylation sites (tertiary alicyclic amines) is 1. The number of rotatable bonds is 4. The Labute approximate surface area is 160 Å². The number of thiophene rings is 1. The second-order valence-electron chi connectivity index (χ2n) is 6.81. The maximum atomic E-state index is 12.6. The lowest BCUT2D eigenvalue weighted by molar-refractivity contribution is 0.0855. The van der Waals surface area contributed by atoms with E-state index in [4.69, 9.17) is 5.73 Å². The highest BCUT2D eigenvalue weighted by Crippen LogP contribution is 2.32. The molecule has 0 aromatic carbocycles. The Bertz CT molecular complexity index is 977. The Kier molecular flexibility index (Phi) is 4.42. The van der Waals surface area contributed by atoms with Crippen LogP contribution in [0.25, 0.3) is 10.6 Å². The van der Waals surface area contributed by atoms with Gasteiger partial charge in [0.15, 0.2) is 15.5 Å².